The fraction of sp³-hybridized carbons (Fsp3) is 0.444. The molecule has 4 heterocycles. The number of hydrogen-bond acceptors (Lipinski definition) is 6. The first-order valence-electron chi connectivity index (χ1n) is 12.6. The number of nitrogens with zero attached hydrogens (tertiary/aromatic N) is 5. The Morgan fingerprint density at radius 2 is 2.05 bits per heavy atom. The molecule has 196 valence electrons. The molecular formula is C27H32F2N6O2. The standard InChI is InChI=1S/C27H32F2N6O2/c1-17(24-12-25(37-3)23(29)13-32-24)35-8-5-21-19(15-33-7-4-20(28)16-33)10-18(11-22(21)26(35)36)14-34-9-6-31-27(34)30-2/h6,9-13,17,20H,4-5,7-8,14-16H2,1-3H3,(H,30,31)/t17-,20+/m0/s1. The third kappa shape index (κ3) is 5.02. The number of methoxy groups -OCH3 is 1. The lowest BCUT2D eigenvalue weighted by Gasteiger charge is -2.35. The van der Waals surface area contributed by atoms with Gasteiger partial charge < -0.3 is 19.5 Å². The summed E-state index contributed by atoms with van der Waals surface area (Å²) in [6, 6.07) is 5.28. The van der Waals surface area contributed by atoms with Crippen LogP contribution in [0.5, 0.6) is 5.75 Å². The van der Waals surface area contributed by atoms with Crippen molar-refractivity contribution in [3.8, 4) is 5.75 Å². The average molecular weight is 511 g/mol. The highest BCUT2D eigenvalue weighted by Gasteiger charge is 2.32. The largest absolute Gasteiger partial charge is 0.494 e. The molecule has 0 saturated carbocycles. The number of carbonyl (C=O) groups excluding carboxylic acids is 1. The summed E-state index contributed by atoms with van der Waals surface area (Å²) < 4.78 is 34.9. The number of imidazole rings is 1. The monoisotopic (exact) mass is 510 g/mol. The number of aromatic nitrogens is 3. The maximum absolute atomic E-state index is 13.9. The lowest BCUT2D eigenvalue weighted by atomic mass is 9.90. The van der Waals surface area contributed by atoms with Crippen LogP contribution < -0.4 is 10.1 Å². The molecule has 0 bridgehead atoms. The molecular weight excluding hydrogens is 478 g/mol. The number of nitrogens with one attached hydrogen (secondary N) is 1. The van der Waals surface area contributed by atoms with E-state index in [1.54, 1.807) is 17.2 Å². The van der Waals surface area contributed by atoms with Crippen LogP contribution in [0.15, 0.2) is 36.8 Å². The number of amides is 1. The van der Waals surface area contributed by atoms with Crippen molar-refractivity contribution in [2.24, 2.45) is 0 Å². The summed E-state index contributed by atoms with van der Waals surface area (Å²) in [5, 5.41) is 3.08. The van der Waals surface area contributed by atoms with Crippen LogP contribution in [0.25, 0.3) is 0 Å². The van der Waals surface area contributed by atoms with E-state index in [4.69, 9.17) is 4.74 Å². The van der Waals surface area contributed by atoms with Gasteiger partial charge in [0.1, 0.15) is 6.17 Å². The number of pyridine rings is 1. The molecule has 3 aromatic rings. The van der Waals surface area contributed by atoms with E-state index in [1.165, 1.54) is 7.11 Å². The molecule has 1 aromatic carbocycles. The first-order chi connectivity index (χ1) is 17.9. The van der Waals surface area contributed by atoms with Crippen LogP contribution >= 0.6 is 0 Å². The number of carbonyl (C=O) groups is 1. The lowest BCUT2D eigenvalue weighted by molar-refractivity contribution is 0.0667. The molecule has 2 atom stereocenters. The summed E-state index contributed by atoms with van der Waals surface area (Å²) >= 11 is 0. The van der Waals surface area contributed by atoms with Gasteiger partial charge in [-0.2, -0.15) is 0 Å². The highest BCUT2D eigenvalue weighted by Crippen LogP contribution is 2.32. The lowest BCUT2D eigenvalue weighted by Crippen LogP contribution is -2.40. The third-order valence-corrected chi connectivity index (χ3v) is 7.35. The zero-order valence-corrected chi connectivity index (χ0v) is 21.4. The summed E-state index contributed by atoms with van der Waals surface area (Å²) in [5.74, 6) is 0.202. The van der Waals surface area contributed by atoms with Gasteiger partial charge in [0.15, 0.2) is 11.6 Å². The number of anilines is 1. The van der Waals surface area contributed by atoms with Crippen molar-refractivity contribution in [2.45, 2.75) is 45.1 Å². The summed E-state index contributed by atoms with van der Waals surface area (Å²) in [6.45, 7) is 4.68. The zero-order chi connectivity index (χ0) is 26.1. The predicted molar refractivity (Wildman–Crippen MR) is 136 cm³/mol. The van der Waals surface area contributed by atoms with E-state index >= 15 is 0 Å². The Balaban J connectivity index is 1.49. The molecule has 10 heteroatoms. The van der Waals surface area contributed by atoms with E-state index in [1.807, 2.05) is 30.8 Å². The fourth-order valence-corrected chi connectivity index (χ4v) is 5.39. The van der Waals surface area contributed by atoms with E-state index in [9.17, 15) is 13.6 Å². The minimum Gasteiger partial charge on any atom is -0.494 e. The average Bonchev–Trinajstić information content (AvgIpc) is 3.52. The molecule has 5 rings (SSSR count). The number of fused-ring (bicyclic) bond motifs is 1. The zero-order valence-electron chi connectivity index (χ0n) is 21.4. The number of likely N-dealkylation sites (tertiary alicyclic amines) is 1. The maximum atomic E-state index is 13.9. The van der Waals surface area contributed by atoms with Crippen molar-refractivity contribution < 1.29 is 18.3 Å². The quantitative estimate of drug-likeness (QED) is 0.497. The Labute approximate surface area is 215 Å². The van der Waals surface area contributed by atoms with Crippen LogP contribution in [0.2, 0.25) is 0 Å². The van der Waals surface area contributed by atoms with Crippen molar-refractivity contribution in [3.05, 3.63) is 70.6 Å². The van der Waals surface area contributed by atoms with Crippen LogP contribution in [0.1, 0.15) is 52.1 Å². The molecule has 1 N–H and O–H groups in total. The second-order valence-electron chi connectivity index (χ2n) is 9.70. The van der Waals surface area contributed by atoms with Crippen LogP contribution in [-0.2, 0) is 19.5 Å². The van der Waals surface area contributed by atoms with E-state index in [2.05, 4.69) is 26.3 Å². The number of halogens is 2. The van der Waals surface area contributed by atoms with Gasteiger partial charge in [0, 0.05) is 57.3 Å². The number of alkyl halides is 1. The minimum absolute atomic E-state index is 0.0915. The van der Waals surface area contributed by atoms with Crippen LogP contribution in [-0.4, -0.2) is 70.2 Å². The van der Waals surface area contributed by atoms with Gasteiger partial charge in [0.2, 0.25) is 5.95 Å². The van der Waals surface area contributed by atoms with Gasteiger partial charge in [-0.15, -0.1) is 0 Å². The second kappa shape index (κ2) is 10.5. The van der Waals surface area contributed by atoms with Crippen molar-refractivity contribution in [1.29, 1.82) is 0 Å². The summed E-state index contributed by atoms with van der Waals surface area (Å²) in [7, 11) is 3.22. The van der Waals surface area contributed by atoms with Gasteiger partial charge >= 0.3 is 0 Å². The molecule has 0 aliphatic carbocycles. The van der Waals surface area contributed by atoms with Crippen LogP contribution in [0.3, 0.4) is 0 Å². The first kappa shape index (κ1) is 25.1. The smallest absolute Gasteiger partial charge is 0.254 e. The van der Waals surface area contributed by atoms with Crippen molar-refractivity contribution in [3.63, 3.8) is 0 Å². The molecule has 0 spiro atoms. The molecule has 1 saturated heterocycles. The molecule has 2 aliphatic heterocycles. The SMILES string of the molecule is CNc1nccn1Cc1cc(CN2CC[C@@H](F)C2)c2c(c1)C(=O)N([C@@H](C)c1cc(OC)c(F)cn1)CC2. The Kier molecular flexibility index (Phi) is 7.10. The van der Waals surface area contributed by atoms with Crippen LogP contribution in [0, 0.1) is 5.82 Å². The Hall–Kier alpha value is -3.53. The molecule has 37 heavy (non-hydrogen) atoms. The number of rotatable bonds is 8. The minimum atomic E-state index is -0.804. The van der Waals surface area contributed by atoms with E-state index < -0.39 is 12.0 Å². The number of hydrogen-bond donors (Lipinski definition) is 1. The maximum Gasteiger partial charge on any atom is 0.254 e. The Morgan fingerprint density at radius 1 is 1.22 bits per heavy atom. The molecule has 1 amide bonds. The number of benzene rings is 1. The predicted octanol–water partition coefficient (Wildman–Crippen LogP) is 3.82. The summed E-state index contributed by atoms with van der Waals surface area (Å²) in [4.78, 5) is 26.3. The third-order valence-electron chi connectivity index (χ3n) is 7.35. The number of ether oxygens (including phenoxy) is 1. The molecule has 2 aliphatic rings. The summed E-state index contributed by atoms with van der Waals surface area (Å²) in [5.41, 5.74) is 4.28. The van der Waals surface area contributed by atoms with Crippen molar-refractivity contribution in [1.82, 2.24) is 24.3 Å². The van der Waals surface area contributed by atoms with E-state index in [0.29, 0.717) is 56.8 Å². The Morgan fingerprint density at radius 3 is 2.78 bits per heavy atom. The van der Waals surface area contributed by atoms with Gasteiger partial charge in [-0.25, -0.2) is 13.8 Å². The molecule has 1 fully saturated rings. The van der Waals surface area contributed by atoms with Gasteiger partial charge in [-0.05, 0) is 42.5 Å². The first-order valence-corrected chi connectivity index (χ1v) is 12.6. The van der Waals surface area contributed by atoms with Gasteiger partial charge in [-0.1, -0.05) is 6.07 Å². The fourth-order valence-electron chi connectivity index (χ4n) is 5.39. The summed E-state index contributed by atoms with van der Waals surface area (Å²) in [6.07, 6.45) is 5.17. The van der Waals surface area contributed by atoms with Crippen molar-refractivity contribution in [2.75, 3.05) is 39.1 Å². The highest BCUT2D eigenvalue weighted by atomic mass is 19.1. The molecule has 0 unspecified atom stereocenters. The normalized spacial score (nSPS) is 18.7. The second-order valence-corrected chi connectivity index (χ2v) is 9.70. The van der Waals surface area contributed by atoms with E-state index in [-0.39, 0.29) is 17.7 Å². The molecule has 2 aromatic heterocycles. The van der Waals surface area contributed by atoms with Crippen molar-refractivity contribution >= 4 is 11.9 Å². The van der Waals surface area contributed by atoms with Gasteiger partial charge in [-0.3, -0.25) is 14.7 Å². The Bertz CT molecular complexity index is 1300. The molecule has 0 radical (unpaired) electrons. The van der Waals surface area contributed by atoms with Crippen LogP contribution in [0.4, 0.5) is 14.7 Å². The highest BCUT2D eigenvalue weighted by molar-refractivity contribution is 5.97. The van der Waals surface area contributed by atoms with Gasteiger partial charge in [0.25, 0.3) is 5.91 Å². The van der Waals surface area contributed by atoms with Gasteiger partial charge in [0.05, 0.1) is 31.6 Å². The van der Waals surface area contributed by atoms with E-state index in [0.717, 1.165) is 28.8 Å². The topological polar surface area (TPSA) is 75.5 Å². The molecule has 8 nitrogen and oxygen atoms in total.